The lowest BCUT2D eigenvalue weighted by molar-refractivity contribution is -0.120. The Hall–Kier alpha value is -2.61. The van der Waals surface area contributed by atoms with Crippen LogP contribution >= 0.6 is 0 Å². The molecule has 5 nitrogen and oxygen atoms in total. The number of nitrogens with one attached hydrogen (secondary N) is 2. The van der Waals surface area contributed by atoms with E-state index in [0.717, 1.165) is 11.3 Å². The molecular formula is C19H23N3O2. The molecule has 1 aromatic carbocycles. The van der Waals surface area contributed by atoms with E-state index in [-0.39, 0.29) is 18.2 Å². The highest BCUT2D eigenvalue weighted by Gasteiger charge is 2.10. The molecule has 1 aromatic rings. The molecule has 2 amide bonds. The van der Waals surface area contributed by atoms with Crippen molar-refractivity contribution in [2.45, 2.75) is 45.1 Å². The first-order valence-corrected chi connectivity index (χ1v) is 8.39. The van der Waals surface area contributed by atoms with Crippen LogP contribution < -0.4 is 10.6 Å². The predicted molar refractivity (Wildman–Crippen MR) is 92.9 cm³/mol. The molecule has 0 bridgehead atoms. The lowest BCUT2D eigenvalue weighted by Gasteiger charge is -2.17. The highest BCUT2D eigenvalue weighted by molar-refractivity contribution is 5.99. The summed E-state index contributed by atoms with van der Waals surface area (Å²) >= 11 is 0. The van der Waals surface area contributed by atoms with Crippen molar-refractivity contribution in [3.05, 3.63) is 42.0 Å². The second-order valence-corrected chi connectivity index (χ2v) is 6.06. The quantitative estimate of drug-likeness (QED) is 0.787. The Kier molecular flexibility index (Phi) is 7.03. The van der Waals surface area contributed by atoms with Crippen LogP contribution in [0.2, 0.25) is 0 Å². The molecule has 1 aliphatic rings. The normalized spacial score (nSPS) is 15.0. The number of benzene rings is 1. The first-order chi connectivity index (χ1) is 11.7. The maximum Gasteiger partial charge on any atom is 0.248 e. The molecule has 1 aliphatic carbocycles. The summed E-state index contributed by atoms with van der Waals surface area (Å²) in [6, 6.07) is 9.09. The highest BCUT2D eigenvalue weighted by Crippen LogP contribution is 2.24. The Morgan fingerprint density at radius 2 is 1.88 bits per heavy atom. The molecule has 126 valence electrons. The van der Waals surface area contributed by atoms with Gasteiger partial charge < -0.3 is 10.6 Å². The molecule has 0 saturated heterocycles. The number of amides is 2. The average Bonchev–Trinajstić information content (AvgIpc) is 2.60. The first-order valence-electron chi connectivity index (χ1n) is 8.39. The van der Waals surface area contributed by atoms with E-state index in [1.165, 1.54) is 32.1 Å². The van der Waals surface area contributed by atoms with Crippen LogP contribution in [0.1, 0.15) is 44.1 Å². The van der Waals surface area contributed by atoms with Gasteiger partial charge in [0, 0.05) is 12.2 Å². The van der Waals surface area contributed by atoms with Crippen molar-refractivity contribution < 1.29 is 9.59 Å². The van der Waals surface area contributed by atoms with Crippen molar-refractivity contribution in [2.24, 2.45) is 5.92 Å². The van der Waals surface area contributed by atoms with Gasteiger partial charge in [-0.1, -0.05) is 37.5 Å². The Morgan fingerprint density at radius 1 is 1.17 bits per heavy atom. The van der Waals surface area contributed by atoms with E-state index < -0.39 is 0 Å². The average molecular weight is 325 g/mol. The maximum atomic E-state index is 11.9. The molecule has 1 saturated carbocycles. The minimum atomic E-state index is -0.289. The van der Waals surface area contributed by atoms with Gasteiger partial charge in [0.05, 0.1) is 6.07 Å². The third-order valence-corrected chi connectivity index (χ3v) is 4.12. The maximum absolute atomic E-state index is 11.9. The zero-order valence-electron chi connectivity index (χ0n) is 13.8. The fraction of sp³-hybridized carbons (Fsp3) is 0.421. The molecular weight excluding hydrogens is 302 g/mol. The molecule has 0 radical (unpaired) electrons. The van der Waals surface area contributed by atoms with Crippen molar-refractivity contribution >= 4 is 17.5 Å². The number of rotatable bonds is 6. The zero-order chi connectivity index (χ0) is 17.2. The van der Waals surface area contributed by atoms with Gasteiger partial charge in [0.2, 0.25) is 11.8 Å². The van der Waals surface area contributed by atoms with Crippen molar-refractivity contribution in [1.82, 2.24) is 5.32 Å². The van der Waals surface area contributed by atoms with E-state index >= 15 is 0 Å². The van der Waals surface area contributed by atoms with E-state index in [1.54, 1.807) is 24.3 Å². The highest BCUT2D eigenvalue weighted by atomic mass is 16.2. The van der Waals surface area contributed by atoms with Gasteiger partial charge in [-0.3, -0.25) is 9.59 Å². The third kappa shape index (κ3) is 6.25. The van der Waals surface area contributed by atoms with Crippen molar-refractivity contribution in [1.29, 1.82) is 5.26 Å². The third-order valence-electron chi connectivity index (χ3n) is 4.12. The molecule has 0 heterocycles. The number of allylic oxidation sites excluding steroid dienone is 1. The largest absolute Gasteiger partial charge is 0.351 e. The van der Waals surface area contributed by atoms with E-state index in [9.17, 15) is 9.59 Å². The number of anilines is 1. The van der Waals surface area contributed by atoms with Gasteiger partial charge in [0.25, 0.3) is 0 Å². The topological polar surface area (TPSA) is 82.0 Å². The van der Waals surface area contributed by atoms with Crippen LogP contribution in [0, 0.1) is 17.2 Å². The molecule has 24 heavy (non-hydrogen) atoms. The van der Waals surface area contributed by atoms with E-state index in [1.807, 2.05) is 18.2 Å². The fourth-order valence-corrected chi connectivity index (χ4v) is 2.77. The lowest BCUT2D eigenvalue weighted by atomic mass is 9.89. The molecule has 0 spiro atoms. The van der Waals surface area contributed by atoms with Crippen LogP contribution in [0.4, 0.5) is 5.69 Å². The molecule has 2 N–H and O–H groups in total. The van der Waals surface area contributed by atoms with Crippen molar-refractivity contribution in [3.63, 3.8) is 0 Å². The molecule has 0 unspecified atom stereocenters. The monoisotopic (exact) mass is 325 g/mol. The standard InChI is InChI=1S/C19H23N3O2/c20-13-12-18(23)21-14-16-6-9-17(10-7-16)22-19(24)11-8-15-4-2-1-3-5-15/h6-11,15H,1-5,12,14H2,(H,21,23)(H,22,24)/b11-8+. The van der Waals surface area contributed by atoms with Gasteiger partial charge in [-0.25, -0.2) is 0 Å². The number of nitriles is 1. The summed E-state index contributed by atoms with van der Waals surface area (Å²) < 4.78 is 0. The summed E-state index contributed by atoms with van der Waals surface area (Å²) in [7, 11) is 0. The summed E-state index contributed by atoms with van der Waals surface area (Å²) in [5.74, 6) is 0.127. The second-order valence-electron chi connectivity index (χ2n) is 6.06. The van der Waals surface area contributed by atoms with Gasteiger partial charge >= 0.3 is 0 Å². The summed E-state index contributed by atoms with van der Waals surface area (Å²) in [5.41, 5.74) is 1.64. The Balaban J connectivity index is 1.78. The smallest absolute Gasteiger partial charge is 0.248 e. The SMILES string of the molecule is N#CCC(=O)NCc1ccc(NC(=O)/C=C/C2CCCCC2)cc1. The van der Waals surface area contributed by atoms with E-state index in [2.05, 4.69) is 10.6 Å². The minimum absolute atomic E-state index is 0.115. The van der Waals surface area contributed by atoms with Gasteiger partial charge in [-0.15, -0.1) is 0 Å². The van der Waals surface area contributed by atoms with Crippen molar-refractivity contribution in [3.8, 4) is 6.07 Å². The predicted octanol–water partition coefficient (Wildman–Crippen LogP) is 3.29. The number of carbonyl (C=O) groups excluding carboxylic acids is 2. The molecule has 5 heteroatoms. The number of hydrogen-bond acceptors (Lipinski definition) is 3. The first kappa shape index (κ1) is 17.7. The summed E-state index contributed by atoms with van der Waals surface area (Å²) in [5, 5.41) is 13.9. The Labute approximate surface area is 142 Å². The Bertz CT molecular complexity index is 623. The van der Waals surface area contributed by atoms with Gasteiger partial charge in [0.1, 0.15) is 6.42 Å². The van der Waals surface area contributed by atoms with Crippen LogP contribution in [0.5, 0.6) is 0 Å². The summed E-state index contributed by atoms with van der Waals surface area (Å²) in [6.45, 7) is 0.371. The number of carbonyl (C=O) groups is 2. The molecule has 0 atom stereocenters. The molecule has 1 fully saturated rings. The van der Waals surface area contributed by atoms with Crippen LogP contribution in [-0.4, -0.2) is 11.8 Å². The van der Waals surface area contributed by atoms with Gasteiger partial charge in [-0.05, 0) is 42.5 Å². The summed E-state index contributed by atoms with van der Waals surface area (Å²) in [4.78, 5) is 23.2. The second kappa shape index (κ2) is 9.51. The van der Waals surface area contributed by atoms with Crippen LogP contribution in [0.3, 0.4) is 0 Å². The summed E-state index contributed by atoms with van der Waals surface area (Å²) in [6.07, 6.45) is 9.68. The van der Waals surface area contributed by atoms with Gasteiger partial charge in [-0.2, -0.15) is 5.26 Å². The van der Waals surface area contributed by atoms with Crippen LogP contribution in [-0.2, 0) is 16.1 Å². The number of nitrogens with zero attached hydrogens (tertiary/aromatic N) is 1. The Morgan fingerprint density at radius 3 is 2.54 bits per heavy atom. The van der Waals surface area contributed by atoms with E-state index in [4.69, 9.17) is 5.26 Å². The zero-order valence-corrected chi connectivity index (χ0v) is 13.8. The van der Waals surface area contributed by atoms with E-state index in [0.29, 0.717) is 12.5 Å². The van der Waals surface area contributed by atoms with Crippen molar-refractivity contribution in [2.75, 3.05) is 5.32 Å². The number of hydrogen-bond donors (Lipinski definition) is 2. The molecule has 0 aliphatic heterocycles. The van der Waals surface area contributed by atoms with Crippen LogP contribution in [0.15, 0.2) is 36.4 Å². The lowest BCUT2D eigenvalue weighted by Crippen LogP contribution is -2.21. The van der Waals surface area contributed by atoms with Gasteiger partial charge in [0.15, 0.2) is 0 Å². The fourth-order valence-electron chi connectivity index (χ4n) is 2.77. The molecule has 2 rings (SSSR count). The minimum Gasteiger partial charge on any atom is -0.351 e. The molecule has 0 aromatic heterocycles. The van der Waals surface area contributed by atoms with Crippen LogP contribution in [0.25, 0.3) is 0 Å².